The quantitative estimate of drug-likeness (QED) is 0.553. The van der Waals surface area contributed by atoms with Crippen molar-refractivity contribution in [3.05, 3.63) is 59.7 Å². The topological polar surface area (TPSA) is 67.3 Å². The molecular weight excluding hydrogens is 392 g/mol. The summed E-state index contributed by atoms with van der Waals surface area (Å²) in [5, 5.41) is 12.2. The molecule has 0 unspecified atom stereocenters. The van der Waals surface area contributed by atoms with E-state index in [9.17, 15) is 4.79 Å². The van der Waals surface area contributed by atoms with Gasteiger partial charge in [-0.2, -0.15) is 0 Å². The fourth-order valence-corrected chi connectivity index (χ4v) is 4.19. The van der Waals surface area contributed by atoms with Crippen molar-refractivity contribution in [1.82, 2.24) is 15.1 Å². The standard InChI is InChI=1S/C20H22N4O2S2/c1-14-6-4-5-7-15(14)12-24(2)18(25)13-27-20-23-22-19(28-20)21-16-8-10-17(26-3)11-9-16/h4-11H,12-13H2,1-3H3,(H,21,22). The van der Waals surface area contributed by atoms with E-state index in [1.807, 2.05) is 49.5 Å². The normalized spacial score (nSPS) is 10.5. The monoisotopic (exact) mass is 414 g/mol. The predicted octanol–water partition coefficient (Wildman–Crippen LogP) is 4.35. The van der Waals surface area contributed by atoms with Gasteiger partial charge in [-0.25, -0.2) is 0 Å². The van der Waals surface area contributed by atoms with Gasteiger partial charge in [-0.05, 0) is 42.3 Å². The van der Waals surface area contributed by atoms with E-state index in [-0.39, 0.29) is 5.91 Å². The second-order valence-electron chi connectivity index (χ2n) is 6.19. The highest BCUT2D eigenvalue weighted by Gasteiger charge is 2.13. The van der Waals surface area contributed by atoms with Crippen molar-refractivity contribution >= 4 is 39.8 Å². The van der Waals surface area contributed by atoms with Crippen LogP contribution in [0, 0.1) is 6.92 Å². The Bertz CT molecular complexity index is 928. The summed E-state index contributed by atoms with van der Waals surface area (Å²) in [5.41, 5.74) is 3.25. The molecule has 0 aliphatic carbocycles. The SMILES string of the molecule is COc1ccc(Nc2nnc(SCC(=O)N(C)Cc3ccccc3C)s2)cc1. The van der Waals surface area contributed by atoms with Crippen LogP contribution in [0.2, 0.25) is 0 Å². The lowest BCUT2D eigenvalue weighted by Crippen LogP contribution is -2.28. The average Bonchev–Trinajstić information content (AvgIpc) is 3.15. The van der Waals surface area contributed by atoms with Crippen molar-refractivity contribution in [1.29, 1.82) is 0 Å². The van der Waals surface area contributed by atoms with E-state index in [4.69, 9.17) is 4.74 Å². The molecule has 0 saturated heterocycles. The second-order valence-corrected chi connectivity index (χ2v) is 8.39. The number of hydrogen-bond acceptors (Lipinski definition) is 7. The van der Waals surface area contributed by atoms with Crippen LogP contribution < -0.4 is 10.1 Å². The van der Waals surface area contributed by atoms with E-state index in [2.05, 4.69) is 28.5 Å². The van der Waals surface area contributed by atoms with Gasteiger partial charge in [-0.15, -0.1) is 10.2 Å². The Balaban J connectivity index is 1.50. The van der Waals surface area contributed by atoms with Gasteiger partial charge >= 0.3 is 0 Å². The maximum atomic E-state index is 12.4. The van der Waals surface area contributed by atoms with E-state index in [0.717, 1.165) is 21.3 Å². The Hall–Kier alpha value is -2.58. The van der Waals surface area contributed by atoms with Crippen molar-refractivity contribution in [3.8, 4) is 5.75 Å². The third kappa shape index (κ3) is 5.46. The number of amides is 1. The number of nitrogens with zero attached hydrogens (tertiary/aromatic N) is 3. The predicted molar refractivity (Wildman–Crippen MR) is 115 cm³/mol. The number of aromatic nitrogens is 2. The highest BCUT2D eigenvalue weighted by molar-refractivity contribution is 8.01. The van der Waals surface area contributed by atoms with Crippen LogP contribution in [0.4, 0.5) is 10.8 Å². The van der Waals surface area contributed by atoms with E-state index in [1.54, 1.807) is 12.0 Å². The molecule has 0 aliphatic heterocycles. The zero-order valence-electron chi connectivity index (χ0n) is 16.0. The molecule has 2 aromatic carbocycles. The van der Waals surface area contributed by atoms with Gasteiger partial charge in [0.1, 0.15) is 5.75 Å². The summed E-state index contributed by atoms with van der Waals surface area (Å²) >= 11 is 2.83. The average molecular weight is 415 g/mol. The first-order valence-corrected chi connectivity index (χ1v) is 10.5. The van der Waals surface area contributed by atoms with Gasteiger partial charge in [0.05, 0.1) is 12.9 Å². The number of ether oxygens (including phenoxy) is 1. The summed E-state index contributed by atoms with van der Waals surface area (Å²) in [6.07, 6.45) is 0. The van der Waals surface area contributed by atoms with Crippen molar-refractivity contribution in [2.75, 3.05) is 25.2 Å². The van der Waals surface area contributed by atoms with Gasteiger partial charge in [0, 0.05) is 19.3 Å². The molecule has 0 bridgehead atoms. The summed E-state index contributed by atoms with van der Waals surface area (Å²) < 4.78 is 5.91. The molecule has 1 N–H and O–H groups in total. The van der Waals surface area contributed by atoms with Gasteiger partial charge in [0.15, 0.2) is 4.34 Å². The molecule has 0 fully saturated rings. The zero-order valence-corrected chi connectivity index (χ0v) is 17.6. The zero-order chi connectivity index (χ0) is 19.9. The summed E-state index contributed by atoms with van der Waals surface area (Å²) in [6, 6.07) is 15.7. The Morgan fingerprint density at radius 1 is 1.18 bits per heavy atom. The number of carbonyl (C=O) groups excluding carboxylic acids is 1. The van der Waals surface area contributed by atoms with Crippen molar-refractivity contribution in [2.24, 2.45) is 0 Å². The van der Waals surface area contributed by atoms with Crippen LogP contribution in [0.15, 0.2) is 52.9 Å². The van der Waals surface area contributed by atoms with E-state index >= 15 is 0 Å². The first-order valence-electron chi connectivity index (χ1n) is 8.71. The van der Waals surface area contributed by atoms with Crippen LogP contribution >= 0.6 is 23.1 Å². The van der Waals surface area contributed by atoms with E-state index in [0.29, 0.717) is 17.4 Å². The van der Waals surface area contributed by atoms with Crippen LogP contribution in [-0.2, 0) is 11.3 Å². The molecule has 28 heavy (non-hydrogen) atoms. The molecule has 1 amide bonds. The summed E-state index contributed by atoms with van der Waals surface area (Å²) in [4.78, 5) is 14.2. The molecule has 6 nitrogen and oxygen atoms in total. The number of rotatable bonds is 8. The fourth-order valence-electron chi connectivity index (χ4n) is 2.48. The Morgan fingerprint density at radius 2 is 1.93 bits per heavy atom. The van der Waals surface area contributed by atoms with Gasteiger partial charge < -0.3 is 15.0 Å². The number of nitrogens with one attached hydrogen (secondary N) is 1. The van der Waals surface area contributed by atoms with Crippen molar-refractivity contribution < 1.29 is 9.53 Å². The maximum Gasteiger partial charge on any atom is 0.233 e. The molecule has 0 saturated carbocycles. The first kappa shape index (κ1) is 20.2. The Morgan fingerprint density at radius 3 is 2.64 bits per heavy atom. The number of aryl methyl sites for hydroxylation is 1. The molecule has 3 rings (SSSR count). The van der Waals surface area contributed by atoms with E-state index < -0.39 is 0 Å². The van der Waals surface area contributed by atoms with Crippen LogP contribution in [0.5, 0.6) is 5.75 Å². The van der Waals surface area contributed by atoms with Crippen LogP contribution in [0.3, 0.4) is 0 Å². The van der Waals surface area contributed by atoms with Gasteiger partial charge in [0.2, 0.25) is 11.0 Å². The van der Waals surface area contributed by atoms with Crippen molar-refractivity contribution in [2.45, 2.75) is 17.8 Å². The van der Waals surface area contributed by atoms with Crippen LogP contribution in [0.25, 0.3) is 0 Å². The lowest BCUT2D eigenvalue weighted by molar-refractivity contribution is -0.127. The molecule has 1 aromatic heterocycles. The molecule has 3 aromatic rings. The highest BCUT2D eigenvalue weighted by atomic mass is 32.2. The van der Waals surface area contributed by atoms with Gasteiger partial charge in [-0.1, -0.05) is 47.4 Å². The van der Waals surface area contributed by atoms with Gasteiger partial charge in [-0.3, -0.25) is 4.79 Å². The molecule has 1 heterocycles. The molecule has 0 radical (unpaired) electrons. The number of hydrogen-bond donors (Lipinski definition) is 1. The minimum atomic E-state index is 0.0631. The molecule has 0 spiro atoms. The lowest BCUT2D eigenvalue weighted by Gasteiger charge is -2.18. The summed E-state index contributed by atoms with van der Waals surface area (Å²) in [6.45, 7) is 2.66. The van der Waals surface area contributed by atoms with Gasteiger partial charge in [0.25, 0.3) is 0 Å². The first-order chi connectivity index (χ1) is 13.5. The number of benzene rings is 2. The minimum Gasteiger partial charge on any atom is -0.497 e. The third-order valence-electron chi connectivity index (χ3n) is 4.16. The van der Waals surface area contributed by atoms with E-state index in [1.165, 1.54) is 28.7 Å². The van der Waals surface area contributed by atoms with Crippen LogP contribution in [-0.4, -0.2) is 40.9 Å². The molecule has 0 aliphatic rings. The molecule has 0 atom stereocenters. The number of anilines is 2. The number of methoxy groups -OCH3 is 1. The van der Waals surface area contributed by atoms with Crippen LogP contribution in [0.1, 0.15) is 11.1 Å². The largest absolute Gasteiger partial charge is 0.497 e. The minimum absolute atomic E-state index is 0.0631. The second kappa shape index (κ2) is 9.57. The smallest absolute Gasteiger partial charge is 0.233 e. The Kier molecular flexibility index (Phi) is 6.89. The van der Waals surface area contributed by atoms with Crippen molar-refractivity contribution in [3.63, 3.8) is 0 Å². The molecule has 146 valence electrons. The maximum absolute atomic E-state index is 12.4. The summed E-state index contributed by atoms with van der Waals surface area (Å²) in [5.74, 6) is 1.19. The fraction of sp³-hybridized carbons (Fsp3) is 0.250. The molecule has 8 heteroatoms. The summed E-state index contributed by atoms with van der Waals surface area (Å²) in [7, 11) is 3.46. The Labute approximate surface area is 172 Å². The number of thioether (sulfide) groups is 1. The third-order valence-corrected chi connectivity index (χ3v) is 6.12. The number of carbonyl (C=O) groups is 1. The lowest BCUT2D eigenvalue weighted by atomic mass is 10.1. The molecular formula is C20H22N4O2S2. The highest BCUT2D eigenvalue weighted by Crippen LogP contribution is 2.28.